The van der Waals surface area contributed by atoms with Crippen LogP contribution in [0, 0.1) is 0 Å². The van der Waals surface area contributed by atoms with Gasteiger partial charge >= 0.3 is 0 Å². The maximum absolute atomic E-state index is 11.8. The van der Waals surface area contributed by atoms with Crippen molar-refractivity contribution in [2.24, 2.45) is 5.73 Å². The first-order valence-electron chi connectivity index (χ1n) is 6.39. The summed E-state index contributed by atoms with van der Waals surface area (Å²) < 4.78 is 4.99. The van der Waals surface area contributed by atoms with Gasteiger partial charge in [0.25, 0.3) is 0 Å². The molecule has 1 amide bonds. The Balaban J connectivity index is 2.25. The van der Waals surface area contributed by atoms with Crippen molar-refractivity contribution in [2.75, 3.05) is 33.4 Å². The van der Waals surface area contributed by atoms with Crippen LogP contribution >= 0.6 is 0 Å². The van der Waals surface area contributed by atoms with Gasteiger partial charge in [0, 0.05) is 25.7 Å². The molecule has 1 aliphatic rings. The molecule has 5 nitrogen and oxygen atoms in total. The van der Waals surface area contributed by atoms with Crippen LogP contribution in [0.1, 0.15) is 26.2 Å². The van der Waals surface area contributed by atoms with Gasteiger partial charge in [-0.05, 0) is 32.7 Å². The van der Waals surface area contributed by atoms with Crippen LogP contribution in [0.2, 0.25) is 0 Å². The number of carbonyl (C=O) groups is 1. The highest BCUT2D eigenvalue weighted by Gasteiger charge is 2.29. The van der Waals surface area contributed by atoms with Crippen LogP contribution in [0.3, 0.4) is 0 Å². The van der Waals surface area contributed by atoms with E-state index in [1.54, 1.807) is 7.11 Å². The number of nitrogens with one attached hydrogen (secondary N) is 1. The molecule has 0 radical (unpaired) electrons. The van der Waals surface area contributed by atoms with Crippen LogP contribution < -0.4 is 11.1 Å². The van der Waals surface area contributed by atoms with Gasteiger partial charge in [0.2, 0.25) is 5.91 Å². The van der Waals surface area contributed by atoms with Gasteiger partial charge in [-0.25, -0.2) is 0 Å². The minimum absolute atomic E-state index is 0.0723. The number of carbonyl (C=O) groups excluding carboxylic acids is 1. The molecule has 5 heteroatoms. The van der Waals surface area contributed by atoms with Crippen LogP contribution in [-0.4, -0.2) is 56.2 Å². The standard InChI is InChI=1S/C12H25N3O2/c1-10(9-17-2)14-12(16)8-15(7-3-6-13)11-4-5-11/h10-11H,3-9,13H2,1-2H3,(H,14,16). The molecule has 1 unspecified atom stereocenters. The summed E-state index contributed by atoms with van der Waals surface area (Å²) in [4.78, 5) is 14.0. The largest absolute Gasteiger partial charge is 0.383 e. The Kier molecular flexibility index (Phi) is 6.47. The lowest BCUT2D eigenvalue weighted by Gasteiger charge is -2.22. The van der Waals surface area contributed by atoms with Crippen molar-refractivity contribution < 1.29 is 9.53 Å². The summed E-state index contributed by atoms with van der Waals surface area (Å²) in [6.07, 6.45) is 3.38. The maximum Gasteiger partial charge on any atom is 0.234 e. The summed E-state index contributed by atoms with van der Waals surface area (Å²) in [6, 6.07) is 0.674. The molecule has 1 atom stereocenters. The van der Waals surface area contributed by atoms with Crippen molar-refractivity contribution in [3.8, 4) is 0 Å². The Morgan fingerprint density at radius 2 is 2.29 bits per heavy atom. The van der Waals surface area contributed by atoms with E-state index < -0.39 is 0 Å². The van der Waals surface area contributed by atoms with Crippen LogP contribution in [0.15, 0.2) is 0 Å². The topological polar surface area (TPSA) is 67.6 Å². The van der Waals surface area contributed by atoms with Gasteiger partial charge in [-0.1, -0.05) is 0 Å². The second-order valence-corrected chi connectivity index (χ2v) is 4.77. The molecule has 1 aliphatic carbocycles. The quantitative estimate of drug-likeness (QED) is 0.596. The van der Waals surface area contributed by atoms with Gasteiger partial charge in [0.05, 0.1) is 13.2 Å². The van der Waals surface area contributed by atoms with Crippen LogP contribution in [0.4, 0.5) is 0 Å². The van der Waals surface area contributed by atoms with E-state index in [0.717, 1.165) is 13.0 Å². The normalized spacial score (nSPS) is 17.2. The zero-order valence-corrected chi connectivity index (χ0v) is 10.9. The molecular formula is C12H25N3O2. The minimum atomic E-state index is 0.0723. The van der Waals surface area contributed by atoms with Gasteiger partial charge in [-0.15, -0.1) is 0 Å². The van der Waals surface area contributed by atoms with E-state index in [-0.39, 0.29) is 11.9 Å². The van der Waals surface area contributed by atoms with Gasteiger partial charge < -0.3 is 15.8 Å². The molecule has 1 rings (SSSR count). The van der Waals surface area contributed by atoms with E-state index in [2.05, 4.69) is 10.2 Å². The minimum Gasteiger partial charge on any atom is -0.383 e. The number of nitrogens with zero attached hydrogens (tertiary/aromatic N) is 1. The summed E-state index contributed by atoms with van der Waals surface area (Å²) in [5.74, 6) is 0.0819. The third-order valence-electron chi connectivity index (χ3n) is 2.88. The number of ether oxygens (including phenoxy) is 1. The smallest absolute Gasteiger partial charge is 0.234 e. The number of hydrogen-bond donors (Lipinski definition) is 2. The molecule has 0 bridgehead atoms. The van der Waals surface area contributed by atoms with Crippen molar-refractivity contribution in [1.82, 2.24) is 10.2 Å². The first-order chi connectivity index (χ1) is 8.17. The average molecular weight is 243 g/mol. The fraction of sp³-hybridized carbons (Fsp3) is 0.917. The third-order valence-corrected chi connectivity index (χ3v) is 2.88. The van der Waals surface area contributed by atoms with Crippen LogP contribution in [-0.2, 0) is 9.53 Å². The van der Waals surface area contributed by atoms with Gasteiger partial charge in [0.15, 0.2) is 0 Å². The molecule has 0 saturated heterocycles. The highest BCUT2D eigenvalue weighted by molar-refractivity contribution is 5.78. The van der Waals surface area contributed by atoms with E-state index in [0.29, 0.717) is 25.7 Å². The molecule has 0 aliphatic heterocycles. The molecule has 0 aromatic heterocycles. The molecule has 100 valence electrons. The predicted molar refractivity (Wildman–Crippen MR) is 67.7 cm³/mol. The Morgan fingerprint density at radius 3 is 2.82 bits per heavy atom. The van der Waals surface area contributed by atoms with E-state index in [1.807, 2.05) is 6.92 Å². The Bertz CT molecular complexity index is 232. The van der Waals surface area contributed by atoms with Crippen LogP contribution in [0.25, 0.3) is 0 Å². The zero-order valence-electron chi connectivity index (χ0n) is 10.9. The fourth-order valence-electron chi connectivity index (χ4n) is 1.92. The van der Waals surface area contributed by atoms with Crippen LogP contribution in [0.5, 0.6) is 0 Å². The predicted octanol–water partition coefficient (Wildman–Crippen LogP) is -0.0493. The second-order valence-electron chi connectivity index (χ2n) is 4.77. The third kappa shape index (κ3) is 6.00. The number of hydrogen-bond acceptors (Lipinski definition) is 4. The van der Waals surface area contributed by atoms with E-state index >= 15 is 0 Å². The molecule has 0 aromatic carbocycles. The fourth-order valence-corrected chi connectivity index (χ4v) is 1.92. The highest BCUT2D eigenvalue weighted by atomic mass is 16.5. The molecular weight excluding hydrogens is 218 g/mol. The molecule has 0 heterocycles. The Labute approximate surface area is 104 Å². The van der Waals surface area contributed by atoms with E-state index in [1.165, 1.54) is 12.8 Å². The average Bonchev–Trinajstić information content (AvgIpc) is 3.08. The van der Waals surface area contributed by atoms with Gasteiger partial charge in [-0.3, -0.25) is 9.69 Å². The summed E-state index contributed by atoms with van der Waals surface area (Å²) in [5.41, 5.74) is 5.50. The summed E-state index contributed by atoms with van der Waals surface area (Å²) >= 11 is 0. The van der Waals surface area contributed by atoms with Crippen molar-refractivity contribution in [3.05, 3.63) is 0 Å². The van der Waals surface area contributed by atoms with Gasteiger partial charge in [0.1, 0.15) is 0 Å². The number of amides is 1. The molecule has 0 aromatic rings. The van der Waals surface area contributed by atoms with Crippen molar-refractivity contribution in [3.63, 3.8) is 0 Å². The number of methoxy groups -OCH3 is 1. The Morgan fingerprint density at radius 1 is 1.59 bits per heavy atom. The summed E-state index contributed by atoms with van der Waals surface area (Å²) in [6.45, 7) is 4.59. The Hall–Kier alpha value is -0.650. The first-order valence-corrected chi connectivity index (χ1v) is 6.39. The molecule has 1 fully saturated rings. The molecule has 1 saturated carbocycles. The summed E-state index contributed by atoms with van der Waals surface area (Å²) in [5, 5.41) is 2.93. The number of nitrogens with two attached hydrogens (primary N) is 1. The second kappa shape index (κ2) is 7.63. The molecule has 17 heavy (non-hydrogen) atoms. The molecule has 3 N–H and O–H groups in total. The first kappa shape index (κ1) is 14.4. The van der Waals surface area contributed by atoms with Gasteiger partial charge in [-0.2, -0.15) is 0 Å². The number of rotatable bonds is 9. The lowest BCUT2D eigenvalue weighted by molar-refractivity contribution is -0.123. The highest BCUT2D eigenvalue weighted by Crippen LogP contribution is 2.26. The van der Waals surface area contributed by atoms with Crippen molar-refractivity contribution >= 4 is 5.91 Å². The van der Waals surface area contributed by atoms with Crippen molar-refractivity contribution in [1.29, 1.82) is 0 Å². The lowest BCUT2D eigenvalue weighted by Crippen LogP contribution is -2.43. The van der Waals surface area contributed by atoms with Crippen molar-refractivity contribution in [2.45, 2.75) is 38.3 Å². The SMILES string of the molecule is COCC(C)NC(=O)CN(CCCN)C1CC1. The summed E-state index contributed by atoms with van der Waals surface area (Å²) in [7, 11) is 1.64. The van der Waals surface area contributed by atoms with E-state index in [9.17, 15) is 4.79 Å². The zero-order chi connectivity index (χ0) is 12.7. The molecule has 0 spiro atoms. The monoisotopic (exact) mass is 243 g/mol. The lowest BCUT2D eigenvalue weighted by atomic mass is 10.3. The maximum atomic E-state index is 11.8. The van der Waals surface area contributed by atoms with E-state index in [4.69, 9.17) is 10.5 Å².